The number of hydrogen-bond donors (Lipinski definition) is 1. The van der Waals surface area contributed by atoms with Gasteiger partial charge in [0.25, 0.3) is 0 Å². The summed E-state index contributed by atoms with van der Waals surface area (Å²) in [6, 6.07) is 3.68. The van der Waals surface area contributed by atoms with Crippen LogP contribution >= 0.6 is 11.8 Å². The minimum Gasteiger partial charge on any atom is -0.325 e. The number of aryl methyl sites for hydroxylation is 3. The second-order valence-corrected chi connectivity index (χ2v) is 7.39. The van der Waals surface area contributed by atoms with E-state index in [1.807, 2.05) is 20.8 Å². The molecule has 0 spiro atoms. The van der Waals surface area contributed by atoms with Crippen LogP contribution in [0.15, 0.2) is 22.1 Å². The summed E-state index contributed by atoms with van der Waals surface area (Å²) < 4.78 is 0. The molecule has 1 aromatic carbocycles. The second-order valence-electron chi connectivity index (χ2n) is 6.39. The van der Waals surface area contributed by atoms with E-state index in [0.29, 0.717) is 0 Å². The number of carbonyl (C=O) groups excluding carboxylic acids is 2. The highest BCUT2D eigenvalue weighted by Crippen LogP contribution is 2.31. The van der Waals surface area contributed by atoms with E-state index in [4.69, 9.17) is 0 Å². The quantitative estimate of drug-likeness (QED) is 0.900. The van der Waals surface area contributed by atoms with Crippen LogP contribution in [0.2, 0.25) is 0 Å². The van der Waals surface area contributed by atoms with E-state index in [1.54, 1.807) is 0 Å². The zero-order chi connectivity index (χ0) is 17.3. The number of fused-ring (bicyclic) bond motifs is 1. The molecule has 1 heterocycles. The smallest absolute Gasteiger partial charge is 0.325 e. The Hall–Kier alpha value is -1.95. The Morgan fingerprint density at radius 1 is 1.25 bits per heavy atom. The first-order valence-corrected chi connectivity index (χ1v) is 9.13. The van der Waals surface area contributed by atoms with Gasteiger partial charge in [0.15, 0.2) is 0 Å². The van der Waals surface area contributed by atoms with Crippen LogP contribution in [0, 0.1) is 26.7 Å². The molecule has 1 unspecified atom stereocenters. The van der Waals surface area contributed by atoms with Gasteiger partial charge >= 0.3 is 6.03 Å². The van der Waals surface area contributed by atoms with Crippen molar-refractivity contribution in [2.24, 2.45) is 15.9 Å². The summed E-state index contributed by atoms with van der Waals surface area (Å²) in [6.45, 7) is 6.03. The van der Waals surface area contributed by atoms with E-state index in [9.17, 15) is 9.59 Å². The van der Waals surface area contributed by atoms with Crippen LogP contribution in [0.5, 0.6) is 0 Å². The van der Waals surface area contributed by atoms with Crippen LogP contribution in [-0.2, 0) is 4.79 Å². The lowest BCUT2D eigenvalue weighted by atomic mass is 10.1. The third kappa shape index (κ3) is 3.59. The second kappa shape index (κ2) is 6.89. The lowest BCUT2D eigenvalue weighted by Gasteiger charge is -2.17. The van der Waals surface area contributed by atoms with E-state index >= 15 is 0 Å². The Balaban J connectivity index is 1.63. The van der Waals surface area contributed by atoms with Gasteiger partial charge in [-0.15, -0.1) is 0 Å². The average molecular weight is 343 g/mol. The highest BCUT2D eigenvalue weighted by atomic mass is 32.2. The van der Waals surface area contributed by atoms with Crippen LogP contribution in [-0.4, -0.2) is 28.4 Å². The number of urea groups is 1. The summed E-state index contributed by atoms with van der Waals surface area (Å²) in [7, 11) is 0. The molecule has 1 N–H and O–H groups in total. The van der Waals surface area contributed by atoms with Gasteiger partial charge in [0.2, 0.25) is 5.91 Å². The molecule has 2 aliphatic rings. The Kier molecular flexibility index (Phi) is 4.85. The van der Waals surface area contributed by atoms with Crippen molar-refractivity contribution >= 4 is 40.1 Å². The predicted octanol–water partition coefficient (Wildman–Crippen LogP) is 4.06. The number of rotatable bonds is 3. The fourth-order valence-electron chi connectivity index (χ4n) is 3.37. The maximum Gasteiger partial charge on any atom is 0.367 e. The Morgan fingerprint density at radius 2 is 1.96 bits per heavy atom. The van der Waals surface area contributed by atoms with Crippen molar-refractivity contribution in [3.8, 4) is 0 Å². The van der Waals surface area contributed by atoms with E-state index < -0.39 is 6.03 Å². The van der Waals surface area contributed by atoms with Gasteiger partial charge in [0.1, 0.15) is 0 Å². The zero-order valence-electron chi connectivity index (χ0n) is 14.2. The standard InChI is InChI=1S/C18H21N3O2S/c1-10-7-11(2)16(12(3)8-10)20-15(22)9-24-17-13-5-4-6-14(13)19-18(23)21-17/h7-8,13H,4-6,9H2,1-3H3,(H,20,22). The molecule has 0 saturated heterocycles. The van der Waals surface area contributed by atoms with Gasteiger partial charge in [-0.1, -0.05) is 29.5 Å². The fourth-order valence-corrected chi connectivity index (χ4v) is 4.32. The molecule has 6 heteroatoms. The summed E-state index contributed by atoms with van der Waals surface area (Å²) in [5, 5.41) is 3.73. The molecular weight excluding hydrogens is 322 g/mol. The molecule has 0 aromatic heterocycles. The minimum absolute atomic E-state index is 0.0766. The van der Waals surface area contributed by atoms with E-state index in [0.717, 1.165) is 46.8 Å². The highest BCUT2D eigenvalue weighted by molar-refractivity contribution is 8.14. The molecule has 1 aromatic rings. The van der Waals surface area contributed by atoms with Crippen molar-refractivity contribution in [3.05, 3.63) is 28.8 Å². The number of nitrogens with one attached hydrogen (secondary N) is 1. The number of hydrogen-bond acceptors (Lipinski definition) is 3. The van der Waals surface area contributed by atoms with Gasteiger partial charge in [-0.25, -0.2) is 9.79 Å². The van der Waals surface area contributed by atoms with Gasteiger partial charge in [-0.05, 0) is 51.2 Å². The average Bonchev–Trinajstić information content (AvgIpc) is 2.96. The van der Waals surface area contributed by atoms with E-state index in [2.05, 4.69) is 27.4 Å². The molecule has 126 valence electrons. The molecule has 24 heavy (non-hydrogen) atoms. The molecule has 0 radical (unpaired) electrons. The lowest BCUT2D eigenvalue weighted by Crippen LogP contribution is -2.24. The van der Waals surface area contributed by atoms with Crippen LogP contribution in [0.3, 0.4) is 0 Å². The van der Waals surface area contributed by atoms with Gasteiger partial charge in [0.05, 0.1) is 10.8 Å². The number of aliphatic imine (C=N–C) groups is 2. The summed E-state index contributed by atoms with van der Waals surface area (Å²) in [5.74, 6) is 0.318. The summed E-state index contributed by atoms with van der Waals surface area (Å²) >= 11 is 1.36. The van der Waals surface area contributed by atoms with E-state index in [1.165, 1.54) is 17.3 Å². The van der Waals surface area contributed by atoms with E-state index in [-0.39, 0.29) is 17.6 Å². The minimum atomic E-state index is -0.434. The van der Waals surface area contributed by atoms with Gasteiger partial charge in [-0.2, -0.15) is 4.99 Å². The summed E-state index contributed by atoms with van der Waals surface area (Å²) in [5.41, 5.74) is 5.10. The first kappa shape index (κ1) is 16.9. The number of carbonyl (C=O) groups is 2. The fraction of sp³-hybridized carbons (Fsp3) is 0.444. The van der Waals surface area contributed by atoms with Crippen molar-refractivity contribution < 1.29 is 9.59 Å². The monoisotopic (exact) mass is 343 g/mol. The first-order valence-electron chi connectivity index (χ1n) is 8.14. The number of thioether (sulfide) groups is 1. The summed E-state index contributed by atoms with van der Waals surface area (Å²) in [4.78, 5) is 31.9. The van der Waals surface area contributed by atoms with Crippen molar-refractivity contribution in [2.75, 3.05) is 11.1 Å². The topological polar surface area (TPSA) is 70.9 Å². The Morgan fingerprint density at radius 3 is 2.67 bits per heavy atom. The molecule has 3 rings (SSSR count). The Bertz CT molecular complexity index is 745. The number of benzene rings is 1. The Labute approximate surface area is 146 Å². The molecule has 3 amide bonds. The van der Waals surface area contributed by atoms with Gasteiger partial charge in [0, 0.05) is 17.3 Å². The third-order valence-electron chi connectivity index (χ3n) is 4.36. The first-order chi connectivity index (χ1) is 11.4. The summed E-state index contributed by atoms with van der Waals surface area (Å²) in [6.07, 6.45) is 2.87. The predicted molar refractivity (Wildman–Crippen MR) is 99.3 cm³/mol. The molecule has 5 nitrogen and oxygen atoms in total. The molecule has 1 saturated carbocycles. The van der Waals surface area contributed by atoms with Crippen LogP contribution < -0.4 is 5.32 Å². The van der Waals surface area contributed by atoms with Crippen molar-refractivity contribution in [1.29, 1.82) is 0 Å². The molecule has 1 fully saturated rings. The van der Waals surface area contributed by atoms with Crippen molar-refractivity contribution in [3.63, 3.8) is 0 Å². The lowest BCUT2D eigenvalue weighted by molar-refractivity contribution is -0.113. The molecule has 1 aliphatic heterocycles. The molecular formula is C18H21N3O2S. The number of nitrogens with zero attached hydrogens (tertiary/aromatic N) is 2. The zero-order valence-corrected chi connectivity index (χ0v) is 15.0. The third-order valence-corrected chi connectivity index (χ3v) is 5.44. The van der Waals surface area contributed by atoms with Crippen molar-refractivity contribution in [2.45, 2.75) is 40.0 Å². The number of amides is 3. The van der Waals surface area contributed by atoms with Crippen LogP contribution in [0.4, 0.5) is 10.5 Å². The van der Waals surface area contributed by atoms with Crippen LogP contribution in [0.25, 0.3) is 0 Å². The maximum atomic E-state index is 12.3. The largest absolute Gasteiger partial charge is 0.367 e. The van der Waals surface area contributed by atoms with Gasteiger partial charge < -0.3 is 5.32 Å². The molecule has 0 bridgehead atoms. The highest BCUT2D eigenvalue weighted by Gasteiger charge is 2.32. The normalized spacial score (nSPS) is 19.6. The number of anilines is 1. The maximum absolute atomic E-state index is 12.3. The van der Waals surface area contributed by atoms with Gasteiger partial charge in [-0.3, -0.25) is 4.79 Å². The SMILES string of the molecule is Cc1cc(C)c(NC(=O)CSC2=NC(=O)N=C3CCCC32)c(C)c1. The molecule has 1 aliphatic carbocycles. The van der Waals surface area contributed by atoms with Crippen LogP contribution in [0.1, 0.15) is 36.0 Å². The van der Waals surface area contributed by atoms with Crippen molar-refractivity contribution in [1.82, 2.24) is 0 Å². The molecule has 1 atom stereocenters.